The Morgan fingerprint density at radius 3 is 2.18 bits per heavy atom. The highest BCUT2D eigenvalue weighted by Gasteiger charge is 2.65. The van der Waals surface area contributed by atoms with Crippen LogP contribution in [0.5, 0.6) is 0 Å². The summed E-state index contributed by atoms with van der Waals surface area (Å²) >= 11 is 0. The fourth-order valence-electron chi connectivity index (χ4n) is 5.64. The normalized spacial score (nSPS) is 56.0. The molecule has 4 saturated carbocycles. The highest BCUT2D eigenvalue weighted by Crippen LogP contribution is 2.66. The molecule has 0 heterocycles. The molecule has 4 aliphatic carbocycles. The second-order valence-corrected chi connectivity index (χ2v) is 7.50. The van der Waals surface area contributed by atoms with Gasteiger partial charge in [-0.2, -0.15) is 0 Å². The molecule has 4 aliphatic rings. The van der Waals surface area contributed by atoms with Crippen molar-refractivity contribution in [2.45, 2.75) is 64.5 Å². The Bertz CT molecular complexity index is 360. The molecular weight excluding hydrogens is 214 g/mol. The lowest BCUT2D eigenvalue weighted by molar-refractivity contribution is -0.222. The van der Waals surface area contributed by atoms with Gasteiger partial charge in [0.25, 0.3) is 0 Å². The Kier molecular flexibility index (Phi) is 2.07. The molecule has 17 heavy (non-hydrogen) atoms. The Hall–Kier alpha value is -0.570. The van der Waals surface area contributed by atoms with Crippen molar-refractivity contribution in [3.63, 3.8) is 0 Å². The minimum Gasteiger partial charge on any atom is -0.458 e. The molecule has 0 radical (unpaired) electrons. The Morgan fingerprint density at radius 2 is 1.71 bits per heavy atom. The van der Waals surface area contributed by atoms with E-state index in [9.17, 15) is 4.79 Å². The minimum absolute atomic E-state index is 0.0489. The zero-order valence-corrected chi connectivity index (χ0v) is 11.1. The number of rotatable bonds is 1. The summed E-state index contributed by atoms with van der Waals surface area (Å²) in [6.07, 6.45) is 5.63. The summed E-state index contributed by atoms with van der Waals surface area (Å²) in [5.74, 6) is 0.371. The van der Waals surface area contributed by atoms with E-state index in [4.69, 9.17) is 10.5 Å². The highest BCUT2D eigenvalue weighted by atomic mass is 16.6. The fourth-order valence-corrected chi connectivity index (χ4v) is 5.64. The molecule has 0 aromatic carbocycles. The second-order valence-electron chi connectivity index (χ2n) is 7.50. The van der Waals surface area contributed by atoms with E-state index in [2.05, 4.69) is 13.8 Å². The van der Waals surface area contributed by atoms with Crippen molar-refractivity contribution >= 4 is 5.97 Å². The Balaban J connectivity index is 2.01. The number of ether oxygens (including phenoxy) is 1. The zero-order valence-electron chi connectivity index (χ0n) is 11.1. The average molecular weight is 237 g/mol. The molecule has 3 heteroatoms. The standard InChI is InChI=1S/C14H23NO2/c1-9(16)17-14-7-12(2)4-10(11(14)15)5-13(3,6-12)8-14/h10-11H,4-8,15H2,1-3H3. The topological polar surface area (TPSA) is 52.3 Å². The van der Waals surface area contributed by atoms with Crippen LogP contribution in [-0.4, -0.2) is 17.6 Å². The molecule has 0 amide bonds. The van der Waals surface area contributed by atoms with Crippen LogP contribution < -0.4 is 5.73 Å². The molecular formula is C14H23NO2. The van der Waals surface area contributed by atoms with Crippen molar-refractivity contribution in [3.8, 4) is 0 Å². The van der Waals surface area contributed by atoms with E-state index in [1.807, 2.05) is 0 Å². The summed E-state index contributed by atoms with van der Waals surface area (Å²) in [4.78, 5) is 11.4. The van der Waals surface area contributed by atoms with Crippen LogP contribution in [0.1, 0.15) is 52.9 Å². The number of nitrogens with two attached hydrogens (primary N) is 1. The largest absolute Gasteiger partial charge is 0.458 e. The van der Waals surface area contributed by atoms with Crippen molar-refractivity contribution < 1.29 is 9.53 Å². The molecule has 4 rings (SSSR count). The molecule has 3 atom stereocenters. The van der Waals surface area contributed by atoms with Gasteiger partial charge in [0.05, 0.1) is 0 Å². The van der Waals surface area contributed by atoms with E-state index in [-0.39, 0.29) is 17.6 Å². The van der Waals surface area contributed by atoms with Crippen LogP contribution in [0.3, 0.4) is 0 Å². The number of carbonyl (C=O) groups excluding carboxylic acids is 1. The van der Waals surface area contributed by atoms with Crippen LogP contribution in [0.4, 0.5) is 0 Å². The smallest absolute Gasteiger partial charge is 0.303 e. The van der Waals surface area contributed by atoms with Crippen LogP contribution in [0.15, 0.2) is 0 Å². The second kappa shape index (κ2) is 3.05. The molecule has 3 nitrogen and oxygen atoms in total. The van der Waals surface area contributed by atoms with Crippen LogP contribution >= 0.6 is 0 Å². The van der Waals surface area contributed by atoms with Gasteiger partial charge in [-0.1, -0.05) is 13.8 Å². The summed E-state index contributed by atoms with van der Waals surface area (Å²) < 4.78 is 5.73. The predicted octanol–water partition coefficient (Wildman–Crippen LogP) is 2.24. The van der Waals surface area contributed by atoms with Gasteiger partial charge >= 0.3 is 5.97 Å². The third-order valence-electron chi connectivity index (χ3n) is 5.28. The van der Waals surface area contributed by atoms with E-state index in [1.165, 1.54) is 26.2 Å². The van der Waals surface area contributed by atoms with E-state index in [0.717, 1.165) is 12.8 Å². The maximum atomic E-state index is 11.4. The maximum Gasteiger partial charge on any atom is 0.303 e. The minimum atomic E-state index is -0.366. The highest BCUT2D eigenvalue weighted by molar-refractivity contribution is 5.66. The third kappa shape index (κ3) is 1.55. The van der Waals surface area contributed by atoms with Crippen molar-refractivity contribution in [3.05, 3.63) is 0 Å². The van der Waals surface area contributed by atoms with Gasteiger partial charge in [0.1, 0.15) is 5.60 Å². The van der Waals surface area contributed by atoms with Gasteiger partial charge in [-0.15, -0.1) is 0 Å². The van der Waals surface area contributed by atoms with Gasteiger partial charge < -0.3 is 10.5 Å². The first-order chi connectivity index (χ1) is 7.76. The Labute approximate surface area is 103 Å². The molecule has 0 aromatic heterocycles. The summed E-state index contributed by atoms with van der Waals surface area (Å²) in [7, 11) is 0. The fraction of sp³-hybridized carbons (Fsp3) is 0.929. The van der Waals surface area contributed by atoms with Gasteiger partial charge in [0.2, 0.25) is 0 Å². The number of esters is 1. The summed E-state index contributed by atoms with van der Waals surface area (Å²) in [6, 6.07) is 0.0489. The number of hydrogen-bond donors (Lipinski definition) is 1. The first-order valence-corrected chi connectivity index (χ1v) is 6.71. The van der Waals surface area contributed by atoms with Crippen molar-refractivity contribution in [1.29, 1.82) is 0 Å². The summed E-state index contributed by atoms with van der Waals surface area (Å²) in [5.41, 5.74) is 6.69. The molecule has 4 fully saturated rings. The van der Waals surface area contributed by atoms with Gasteiger partial charge in [-0.3, -0.25) is 4.79 Å². The first kappa shape index (κ1) is 11.5. The van der Waals surface area contributed by atoms with Crippen molar-refractivity contribution in [2.24, 2.45) is 22.5 Å². The van der Waals surface area contributed by atoms with E-state index in [1.54, 1.807) is 0 Å². The molecule has 0 spiro atoms. The maximum absolute atomic E-state index is 11.4. The van der Waals surface area contributed by atoms with Gasteiger partial charge in [-0.05, 0) is 48.9 Å². The average Bonchev–Trinajstić information content (AvgIpc) is 2.08. The quantitative estimate of drug-likeness (QED) is 0.712. The molecule has 0 saturated heterocycles. The van der Waals surface area contributed by atoms with E-state index in [0.29, 0.717) is 16.7 Å². The molecule has 3 unspecified atom stereocenters. The number of hydrogen-bond acceptors (Lipinski definition) is 3. The number of carbonyl (C=O) groups is 1. The molecule has 0 aromatic rings. The lowest BCUT2D eigenvalue weighted by Crippen LogP contribution is -2.70. The van der Waals surface area contributed by atoms with Crippen LogP contribution in [0, 0.1) is 16.7 Å². The van der Waals surface area contributed by atoms with Crippen LogP contribution in [-0.2, 0) is 9.53 Å². The summed E-state index contributed by atoms with van der Waals surface area (Å²) in [5, 5.41) is 0. The monoisotopic (exact) mass is 237 g/mol. The lowest BCUT2D eigenvalue weighted by atomic mass is 9.42. The van der Waals surface area contributed by atoms with Gasteiger partial charge in [-0.25, -0.2) is 0 Å². The molecule has 96 valence electrons. The van der Waals surface area contributed by atoms with Gasteiger partial charge in [0, 0.05) is 13.0 Å². The summed E-state index contributed by atoms with van der Waals surface area (Å²) in [6.45, 7) is 6.21. The molecule has 0 aliphatic heterocycles. The SMILES string of the molecule is CC(=O)OC12CC3(C)CC(CC(C)(C3)C1)C2N. The lowest BCUT2D eigenvalue weighted by Gasteiger charge is -2.66. The molecule has 2 N–H and O–H groups in total. The van der Waals surface area contributed by atoms with Crippen molar-refractivity contribution in [2.75, 3.05) is 0 Å². The molecule has 4 bridgehead atoms. The van der Waals surface area contributed by atoms with Crippen LogP contribution in [0.2, 0.25) is 0 Å². The first-order valence-electron chi connectivity index (χ1n) is 6.71. The van der Waals surface area contributed by atoms with Crippen molar-refractivity contribution in [1.82, 2.24) is 0 Å². The third-order valence-corrected chi connectivity index (χ3v) is 5.28. The van der Waals surface area contributed by atoms with E-state index < -0.39 is 0 Å². The van der Waals surface area contributed by atoms with Crippen LogP contribution in [0.25, 0.3) is 0 Å². The predicted molar refractivity (Wildman–Crippen MR) is 65.3 cm³/mol. The Morgan fingerprint density at radius 1 is 1.18 bits per heavy atom. The van der Waals surface area contributed by atoms with Gasteiger partial charge in [0.15, 0.2) is 0 Å². The van der Waals surface area contributed by atoms with E-state index >= 15 is 0 Å². The zero-order chi connectivity index (χ0) is 12.5.